The van der Waals surface area contributed by atoms with Gasteiger partial charge >= 0.3 is 6.85 Å². The molecule has 5 heteroatoms. The first kappa shape index (κ1) is 29.2. The van der Waals surface area contributed by atoms with Crippen molar-refractivity contribution in [2.75, 3.05) is 4.81 Å². The molecule has 4 aliphatic rings. The predicted molar refractivity (Wildman–Crippen MR) is 241 cm³/mol. The van der Waals surface area contributed by atoms with E-state index in [-0.39, 0.29) is 6.85 Å². The smallest absolute Gasteiger partial charge is 0.333 e. The first-order valence-electron chi connectivity index (χ1n) is 20.0. The highest BCUT2D eigenvalue weighted by atomic mass is 28.3. The average molecular weight is 737 g/mol. The summed E-state index contributed by atoms with van der Waals surface area (Å²) in [6, 6.07) is 66.7. The molecule has 9 aromatic carbocycles. The van der Waals surface area contributed by atoms with E-state index >= 15 is 0 Å². The Bertz CT molecular complexity index is 3640. The maximum Gasteiger partial charge on any atom is 0.333 e. The number of hydrogen-bond acceptors (Lipinski definition) is 2. The highest BCUT2D eigenvalue weighted by Crippen LogP contribution is 2.50. The summed E-state index contributed by atoms with van der Waals surface area (Å²) in [6.07, 6.45) is 0. The van der Waals surface area contributed by atoms with Gasteiger partial charge in [-0.15, -0.1) is 0 Å². The lowest BCUT2D eigenvalue weighted by molar-refractivity contribution is 0.669. The van der Waals surface area contributed by atoms with Crippen molar-refractivity contribution < 1.29 is 4.42 Å². The van der Waals surface area contributed by atoms with Crippen molar-refractivity contribution >= 4 is 112 Å². The highest BCUT2D eigenvalue weighted by molar-refractivity contribution is 7.24. The Balaban J connectivity index is 1.20. The molecule has 57 heavy (non-hydrogen) atoms. The van der Waals surface area contributed by atoms with E-state index in [1.807, 2.05) is 0 Å². The number of rotatable bonds is 0. The molecule has 0 fully saturated rings. The van der Waals surface area contributed by atoms with E-state index < -0.39 is 8.07 Å². The van der Waals surface area contributed by atoms with Crippen LogP contribution in [-0.2, 0) is 0 Å². The first-order chi connectivity index (χ1) is 28.3. The quantitative estimate of drug-likeness (QED) is 0.145. The number of para-hydroxylation sites is 4. The van der Waals surface area contributed by atoms with Crippen LogP contribution in [0.2, 0.25) is 0 Å². The molecule has 0 aliphatic carbocycles. The second kappa shape index (κ2) is 9.83. The molecule has 2 aromatic heterocycles. The zero-order chi connectivity index (χ0) is 36.7. The number of benzene rings is 9. The number of anilines is 2. The highest BCUT2D eigenvalue weighted by Gasteiger charge is 2.57. The van der Waals surface area contributed by atoms with Crippen LogP contribution < -0.4 is 36.5 Å². The van der Waals surface area contributed by atoms with E-state index in [2.05, 4.69) is 185 Å². The van der Waals surface area contributed by atoms with Crippen molar-refractivity contribution in [2.45, 2.75) is 0 Å². The zero-order valence-corrected chi connectivity index (χ0v) is 31.6. The fourth-order valence-electron chi connectivity index (χ4n) is 12.0. The van der Waals surface area contributed by atoms with Crippen LogP contribution in [0.15, 0.2) is 180 Å². The van der Waals surface area contributed by atoms with E-state index in [9.17, 15) is 0 Å². The van der Waals surface area contributed by atoms with Crippen LogP contribution in [0.25, 0.3) is 82.5 Å². The van der Waals surface area contributed by atoms with E-state index in [1.165, 1.54) is 114 Å². The van der Waals surface area contributed by atoms with Gasteiger partial charge in [0.05, 0.1) is 11.0 Å². The van der Waals surface area contributed by atoms with Gasteiger partial charge in [0.1, 0.15) is 11.2 Å². The molecule has 0 atom stereocenters. The third kappa shape index (κ3) is 3.15. The molecule has 3 nitrogen and oxygen atoms in total. The van der Waals surface area contributed by atoms with Crippen LogP contribution in [0.3, 0.4) is 0 Å². The van der Waals surface area contributed by atoms with Crippen molar-refractivity contribution in [3.05, 3.63) is 176 Å². The molecule has 0 saturated carbocycles. The van der Waals surface area contributed by atoms with Crippen LogP contribution in [0.4, 0.5) is 11.4 Å². The normalized spacial score (nSPS) is 14.7. The first-order valence-corrected chi connectivity index (χ1v) is 22.0. The lowest BCUT2D eigenvalue weighted by Gasteiger charge is -2.50. The van der Waals surface area contributed by atoms with Crippen molar-refractivity contribution in [3.63, 3.8) is 0 Å². The Morgan fingerprint density at radius 1 is 0.456 bits per heavy atom. The van der Waals surface area contributed by atoms with Gasteiger partial charge in [-0.1, -0.05) is 158 Å². The van der Waals surface area contributed by atoms with Crippen LogP contribution in [0.5, 0.6) is 0 Å². The second-order valence-corrected chi connectivity index (χ2v) is 19.9. The molecule has 0 N–H and O–H groups in total. The second-order valence-electron chi connectivity index (χ2n) is 16.3. The van der Waals surface area contributed by atoms with E-state index in [0.29, 0.717) is 0 Å². The molecule has 260 valence electrons. The minimum atomic E-state index is -2.78. The molecule has 0 unspecified atom stereocenters. The van der Waals surface area contributed by atoms with Crippen molar-refractivity contribution in [2.24, 2.45) is 0 Å². The van der Waals surface area contributed by atoms with E-state index in [0.717, 1.165) is 11.2 Å². The van der Waals surface area contributed by atoms with Gasteiger partial charge in [-0.25, -0.2) is 0 Å². The molecule has 0 amide bonds. The summed E-state index contributed by atoms with van der Waals surface area (Å²) in [7, 11) is -2.78. The Morgan fingerprint density at radius 2 is 1.11 bits per heavy atom. The van der Waals surface area contributed by atoms with Gasteiger partial charge in [0.15, 0.2) is 8.07 Å². The summed E-state index contributed by atoms with van der Waals surface area (Å²) >= 11 is 0. The summed E-state index contributed by atoms with van der Waals surface area (Å²) in [6.45, 7) is -0.0621. The molecule has 11 aromatic rings. The van der Waals surface area contributed by atoms with Gasteiger partial charge < -0.3 is 13.8 Å². The lowest BCUT2D eigenvalue weighted by atomic mass is 9.43. The third-order valence-corrected chi connectivity index (χ3v) is 18.9. The van der Waals surface area contributed by atoms with Gasteiger partial charge in [0, 0.05) is 55.6 Å². The summed E-state index contributed by atoms with van der Waals surface area (Å²) in [4.78, 5) is 2.76. The average Bonchev–Trinajstić information content (AvgIpc) is 3.92. The van der Waals surface area contributed by atoms with Crippen LogP contribution >= 0.6 is 0 Å². The third-order valence-electron chi connectivity index (χ3n) is 13.9. The van der Waals surface area contributed by atoms with Gasteiger partial charge in [0.2, 0.25) is 0 Å². The molecule has 15 rings (SSSR count). The SMILES string of the molecule is c1ccc2c(c1)-c1ccccc1[Si]21c2ccccc2N2B3c4c(cc5oc6ccccc6c5c4-c4cccc1c42)-n1c2c3cccc2c2ccc3ccccc3c21. The fourth-order valence-corrected chi connectivity index (χ4v) is 17.6. The molecule has 0 radical (unpaired) electrons. The molecule has 4 aliphatic heterocycles. The van der Waals surface area contributed by atoms with Gasteiger partial charge in [-0.3, -0.25) is 0 Å². The molecule has 6 heterocycles. The summed E-state index contributed by atoms with van der Waals surface area (Å²) in [5.41, 5.74) is 16.3. The Kier molecular flexibility index (Phi) is 5.04. The van der Waals surface area contributed by atoms with E-state index in [4.69, 9.17) is 4.42 Å². The fraction of sp³-hybridized carbons (Fsp3) is 0. The molecular formula is C52H29BN2OSi. The minimum absolute atomic E-state index is 0.0621. The number of fused-ring (bicyclic) bond motifs is 22. The van der Waals surface area contributed by atoms with Crippen molar-refractivity contribution in [1.29, 1.82) is 0 Å². The van der Waals surface area contributed by atoms with Gasteiger partial charge in [-0.2, -0.15) is 0 Å². The van der Waals surface area contributed by atoms with E-state index in [1.54, 1.807) is 0 Å². The topological polar surface area (TPSA) is 21.3 Å². The van der Waals surface area contributed by atoms with Crippen molar-refractivity contribution in [1.82, 2.24) is 4.57 Å². The van der Waals surface area contributed by atoms with Crippen LogP contribution in [0, 0.1) is 0 Å². The zero-order valence-electron chi connectivity index (χ0n) is 30.6. The number of nitrogens with zero attached hydrogens (tertiary/aromatic N) is 2. The van der Waals surface area contributed by atoms with Crippen molar-refractivity contribution in [3.8, 4) is 27.9 Å². The minimum Gasteiger partial charge on any atom is -0.456 e. The maximum absolute atomic E-state index is 6.92. The molecule has 0 saturated heterocycles. The van der Waals surface area contributed by atoms with Gasteiger partial charge in [-0.05, 0) is 65.9 Å². The van der Waals surface area contributed by atoms with Crippen LogP contribution in [-0.4, -0.2) is 19.5 Å². The monoisotopic (exact) mass is 736 g/mol. The number of furan rings is 1. The molecule has 1 spiro atoms. The summed E-state index contributed by atoms with van der Waals surface area (Å²) in [5.74, 6) is 0. The van der Waals surface area contributed by atoms with Gasteiger partial charge in [0.25, 0.3) is 0 Å². The Morgan fingerprint density at radius 3 is 1.96 bits per heavy atom. The Hall–Kier alpha value is -7.08. The predicted octanol–water partition coefficient (Wildman–Crippen LogP) is 8.75. The largest absolute Gasteiger partial charge is 0.456 e. The number of hydrogen-bond donors (Lipinski definition) is 0. The molecular weight excluding hydrogens is 707 g/mol. The Labute approximate surface area is 328 Å². The van der Waals surface area contributed by atoms with Crippen LogP contribution in [0.1, 0.15) is 0 Å². The summed E-state index contributed by atoms with van der Waals surface area (Å²) in [5, 5.41) is 13.4. The maximum atomic E-state index is 6.92. The summed E-state index contributed by atoms with van der Waals surface area (Å²) < 4.78 is 9.51. The standard InChI is InChI=1S/C52H29BN2OSi/c1-2-14-31-30(13-1)27-28-35-34-18-11-20-38-51(34)54(50(31)35)40-29-42-47(36-17-3-7-22-41(36)56-42)48-37-19-12-26-46-52(37)55(53(38)49(40)48)39-21-6-10-25-45(39)57(46)43-23-8-4-15-32(43)33-16-5-9-24-44(33)57/h1-29H. The lowest BCUT2D eigenvalue weighted by Crippen LogP contribution is -2.78. The number of aromatic nitrogens is 1. The molecule has 0 bridgehead atoms.